The predicted molar refractivity (Wildman–Crippen MR) is 160 cm³/mol. The third-order valence-electron chi connectivity index (χ3n) is 6.39. The zero-order valence-corrected chi connectivity index (χ0v) is 25.2. The van der Waals surface area contributed by atoms with Crippen LogP contribution in [0.3, 0.4) is 0 Å². The van der Waals surface area contributed by atoms with Crippen LogP contribution in [-0.2, 0) is 19.7 Å². The number of carbonyl (C=O) groups is 3. The van der Waals surface area contributed by atoms with E-state index < -0.39 is 43.5 Å². The van der Waals surface area contributed by atoms with Crippen LogP contribution in [0.1, 0.15) is 36.5 Å². The van der Waals surface area contributed by atoms with Crippen LogP contribution in [0.5, 0.6) is 11.5 Å². The molecule has 1 heterocycles. The van der Waals surface area contributed by atoms with E-state index >= 15 is 0 Å². The number of hydrogen-bond acceptors (Lipinski definition) is 10. The second-order valence-corrected chi connectivity index (χ2v) is 12.3. The third kappa shape index (κ3) is 7.21. The SMILES string of the molecule is COc1cc(/C=C2\SC(=O)N(CC(=O)Nc3ccc(C(C)C)cc3)C2=O)ccc1OS(=O)(=O)c1ccc(C)c([N+](=O)[O-])c1. The van der Waals surface area contributed by atoms with Crippen LogP contribution in [0.15, 0.2) is 70.5 Å². The molecule has 0 bridgehead atoms. The summed E-state index contributed by atoms with van der Waals surface area (Å²) in [6.07, 6.45) is 1.40. The van der Waals surface area contributed by atoms with E-state index in [1.807, 2.05) is 26.0 Å². The fraction of sp³-hybridized carbons (Fsp3) is 0.207. The molecule has 0 atom stereocenters. The molecule has 3 amide bonds. The van der Waals surface area contributed by atoms with Crippen molar-refractivity contribution in [2.45, 2.75) is 31.6 Å². The van der Waals surface area contributed by atoms with Gasteiger partial charge in [0.25, 0.3) is 16.8 Å². The van der Waals surface area contributed by atoms with E-state index in [2.05, 4.69) is 5.32 Å². The van der Waals surface area contributed by atoms with E-state index in [4.69, 9.17) is 8.92 Å². The van der Waals surface area contributed by atoms with Gasteiger partial charge in [0.05, 0.1) is 16.9 Å². The summed E-state index contributed by atoms with van der Waals surface area (Å²) in [7, 11) is -3.19. The number of amides is 3. The highest BCUT2D eigenvalue weighted by molar-refractivity contribution is 8.18. The van der Waals surface area contributed by atoms with E-state index in [-0.39, 0.29) is 27.7 Å². The van der Waals surface area contributed by atoms with E-state index in [1.54, 1.807) is 12.1 Å². The van der Waals surface area contributed by atoms with Crippen molar-refractivity contribution >= 4 is 56.4 Å². The molecule has 0 unspecified atom stereocenters. The number of hydrogen-bond donors (Lipinski definition) is 1. The van der Waals surface area contributed by atoms with Gasteiger partial charge in [-0.1, -0.05) is 38.1 Å². The van der Waals surface area contributed by atoms with Gasteiger partial charge < -0.3 is 14.2 Å². The number of nitrogens with one attached hydrogen (secondary N) is 1. The molecule has 1 aliphatic rings. The van der Waals surface area contributed by atoms with Crippen molar-refractivity contribution in [3.8, 4) is 11.5 Å². The number of benzene rings is 3. The quantitative estimate of drug-likeness (QED) is 0.132. The van der Waals surface area contributed by atoms with Gasteiger partial charge in [-0.25, -0.2) is 0 Å². The van der Waals surface area contributed by atoms with Crippen LogP contribution in [0, 0.1) is 17.0 Å². The molecular weight excluding hydrogens is 598 g/mol. The minimum absolute atomic E-state index is 0.0129. The van der Waals surface area contributed by atoms with Crippen molar-refractivity contribution in [2.24, 2.45) is 0 Å². The Labute approximate surface area is 251 Å². The van der Waals surface area contributed by atoms with Gasteiger partial charge in [0.1, 0.15) is 11.4 Å². The van der Waals surface area contributed by atoms with Crippen LogP contribution in [0.25, 0.3) is 6.08 Å². The van der Waals surface area contributed by atoms with Gasteiger partial charge in [-0.2, -0.15) is 8.42 Å². The Morgan fingerprint density at radius 3 is 2.40 bits per heavy atom. The summed E-state index contributed by atoms with van der Waals surface area (Å²) in [5, 5.41) is 13.3. The Morgan fingerprint density at radius 1 is 1.07 bits per heavy atom. The summed E-state index contributed by atoms with van der Waals surface area (Å²) >= 11 is 0.655. The Balaban J connectivity index is 1.48. The van der Waals surface area contributed by atoms with Crippen molar-refractivity contribution in [3.63, 3.8) is 0 Å². The van der Waals surface area contributed by atoms with Crippen LogP contribution in [0.2, 0.25) is 0 Å². The summed E-state index contributed by atoms with van der Waals surface area (Å²) < 4.78 is 36.2. The lowest BCUT2D eigenvalue weighted by molar-refractivity contribution is -0.385. The summed E-state index contributed by atoms with van der Waals surface area (Å²) in [5.41, 5.74) is 1.93. The summed E-state index contributed by atoms with van der Waals surface area (Å²) in [6.45, 7) is 5.10. The topological polar surface area (TPSA) is 162 Å². The molecule has 224 valence electrons. The average Bonchev–Trinajstić information content (AvgIpc) is 3.21. The van der Waals surface area contributed by atoms with Gasteiger partial charge in [-0.3, -0.25) is 29.4 Å². The summed E-state index contributed by atoms with van der Waals surface area (Å²) in [4.78, 5) is 49.0. The normalized spacial score (nSPS) is 14.3. The zero-order chi connectivity index (χ0) is 31.5. The molecule has 1 fully saturated rings. The van der Waals surface area contributed by atoms with Crippen LogP contribution < -0.4 is 14.2 Å². The number of methoxy groups -OCH3 is 1. The molecule has 0 aromatic heterocycles. The van der Waals surface area contributed by atoms with Crippen molar-refractivity contribution in [1.29, 1.82) is 0 Å². The van der Waals surface area contributed by atoms with Gasteiger partial charge in [0.15, 0.2) is 11.5 Å². The maximum absolute atomic E-state index is 12.9. The highest BCUT2D eigenvalue weighted by Gasteiger charge is 2.36. The molecule has 43 heavy (non-hydrogen) atoms. The first-order valence-corrected chi connectivity index (χ1v) is 15.0. The smallest absolute Gasteiger partial charge is 0.339 e. The van der Waals surface area contributed by atoms with Crippen molar-refractivity contribution in [3.05, 3.63) is 92.4 Å². The van der Waals surface area contributed by atoms with Gasteiger partial charge in [0.2, 0.25) is 5.91 Å². The molecule has 1 N–H and O–H groups in total. The molecule has 3 aromatic rings. The monoisotopic (exact) mass is 625 g/mol. The predicted octanol–water partition coefficient (Wildman–Crippen LogP) is 5.48. The van der Waals surface area contributed by atoms with Crippen molar-refractivity contribution in [1.82, 2.24) is 4.90 Å². The fourth-order valence-corrected chi connectivity index (χ4v) is 5.83. The minimum Gasteiger partial charge on any atom is -0.493 e. The lowest BCUT2D eigenvalue weighted by Crippen LogP contribution is -2.36. The molecule has 4 rings (SSSR count). The van der Waals surface area contributed by atoms with E-state index in [1.165, 1.54) is 50.4 Å². The number of imide groups is 1. The standard InChI is InChI=1S/C29H27N3O9S2/c1-17(2)20-7-9-21(10-8-20)30-27(33)16-31-28(34)26(42-29(31)35)14-19-6-12-24(25(13-19)40-4)41-43(38,39)22-11-5-18(3)23(15-22)32(36)37/h5-15,17H,16H2,1-4H3,(H,30,33)/b26-14-. The molecule has 0 spiro atoms. The Bertz CT molecular complexity index is 1750. The van der Waals surface area contributed by atoms with Crippen molar-refractivity contribution < 1.29 is 36.6 Å². The number of nitrogens with zero attached hydrogens (tertiary/aromatic N) is 2. The first kappa shape index (κ1) is 31.3. The van der Waals surface area contributed by atoms with Gasteiger partial charge in [0, 0.05) is 17.3 Å². The van der Waals surface area contributed by atoms with Crippen molar-refractivity contribution in [2.75, 3.05) is 19.0 Å². The van der Waals surface area contributed by atoms with Crippen LogP contribution >= 0.6 is 11.8 Å². The van der Waals surface area contributed by atoms with Gasteiger partial charge in [-0.05, 0) is 72.1 Å². The highest BCUT2D eigenvalue weighted by atomic mass is 32.2. The number of nitro groups is 1. The molecular formula is C29H27N3O9S2. The number of ether oxygens (including phenoxy) is 1. The lowest BCUT2D eigenvalue weighted by Gasteiger charge is -2.13. The molecule has 3 aromatic carbocycles. The maximum atomic E-state index is 12.9. The molecule has 1 aliphatic heterocycles. The van der Waals surface area contributed by atoms with Crippen LogP contribution in [0.4, 0.5) is 16.2 Å². The molecule has 12 nitrogen and oxygen atoms in total. The number of carbonyl (C=O) groups excluding carboxylic acids is 3. The zero-order valence-electron chi connectivity index (χ0n) is 23.5. The summed E-state index contributed by atoms with van der Waals surface area (Å²) in [5.74, 6) is -1.09. The second-order valence-electron chi connectivity index (χ2n) is 9.75. The lowest BCUT2D eigenvalue weighted by atomic mass is 10.0. The maximum Gasteiger partial charge on any atom is 0.339 e. The largest absolute Gasteiger partial charge is 0.493 e. The molecule has 0 radical (unpaired) electrons. The van der Waals surface area contributed by atoms with Gasteiger partial charge >= 0.3 is 10.1 Å². The summed E-state index contributed by atoms with van der Waals surface area (Å²) in [6, 6.07) is 14.8. The number of aryl methyl sites for hydroxylation is 1. The molecule has 1 saturated heterocycles. The Kier molecular flexibility index (Phi) is 9.21. The van der Waals surface area contributed by atoms with E-state index in [0.29, 0.717) is 28.9 Å². The number of nitro benzene ring substituents is 1. The number of thioether (sulfide) groups is 1. The Hall–Kier alpha value is -4.69. The van der Waals surface area contributed by atoms with E-state index in [0.717, 1.165) is 16.5 Å². The second kappa shape index (κ2) is 12.7. The molecule has 14 heteroatoms. The first-order chi connectivity index (χ1) is 20.3. The molecule has 0 aliphatic carbocycles. The third-order valence-corrected chi connectivity index (χ3v) is 8.52. The number of rotatable bonds is 10. The minimum atomic E-state index is -4.46. The fourth-order valence-electron chi connectivity index (χ4n) is 4.03. The first-order valence-electron chi connectivity index (χ1n) is 12.8. The average molecular weight is 626 g/mol. The molecule has 0 saturated carbocycles. The number of anilines is 1. The highest BCUT2D eigenvalue weighted by Crippen LogP contribution is 2.36. The Morgan fingerprint density at radius 2 is 1.77 bits per heavy atom. The van der Waals surface area contributed by atoms with E-state index in [9.17, 15) is 32.9 Å². The van der Waals surface area contributed by atoms with Crippen LogP contribution in [-0.4, -0.2) is 48.9 Å². The van der Waals surface area contributed by atoms with Gasteiger partial charge in [-0.15, -0.1) is 0 Å².